The van der Waals surface area contributed by atoms with Crippen LogP contribution in [0.15, 0.2) is 24.3 Å². The van der Waals surface area contributed by atoms with Crippen molar-refractivity contribution in [2.75, 3.05) is 20.1 Å². The predicted octanol–water partition coefficient (Wildman–Crippen LogP) is 3.47. The number of benzene rings is 1. The van der Waals surface area contributed by atoms with Crippen molar-refractivity contribution in [1.29, 1.82) is 0 Å². The molecule has 2 atom stereocenters. The fraction of sp³-hybridized carbons (Fsp3) is 0.600. The minimum atomic E-state index is 0.410. The molecule has 2 rings (SSSR count). The molecule has 2 unspecified atom stereocenters. The lowest BCUT2D eigenvalue weighted by molar-refractivity contribution is 0.215. The third-order valence-electron chi connectivity index (χ3n) is 3.91. The first-order chi connectivity index (χ1) is 8.66. The van der Waals surface area contributed by atoms with Crippen molar-refractivity contribution in [3.63, 3.8) is 0 Å². The number of hydrogen-bond acceptors (Lipinski definition) is 2. The smallest absolute Gasteiger partial charge is 0.0409 e. The molecular weight excluding hydrogens is 244 g/mol. The topological polar surface area (TPSA) is 15.3 Å². The Kier molecular flexibility index (Phi) is 5.04. The molecule has 0 amide bonds. The van der Waals surface area contributed by atoms with Gasteiger partial charge in [0.1, 0.15) is 0 Å². The van der Waals surface area contributed by atoms with E-state index in [9.17, 15) is 0 Å². The SMILES string of the molecule is CC(c1cccc(Cl)c1)N(C)CC1CCCCN1. The molecule has 1 fully saturated rings. The summed E-state index contributed by atoms with van der Waals surface area (Å²) in [6.07, 6.45) is 3.98. The fourth-order valence-corrected chi connectivity index (χ4v) is 2.81. The van der Waals surface area contributed by atoms with E-state index < -0.39 is 0 Å². The molecule has 1 heterocycles. The Bertz CT molecular complexity index is 375. The molecule has 3 heteroatoms. The van der Waals surface area contributed by atoms with Crippen molar-refractivity contribution in [3.8, 4) is 0 Å². The van der Waals surface area contributed by atoms with E-state index in [0.717, 1.165) is 11.6 Å². The van der Waals surface area contributed by atoms with Crippen LogP contribution < -0.4 is 5.32 Å². The summed E-state index contributed by atoms with van der Waals surface area (Å²) in [5.41, 5.74) is 1.29. The predicted molar refractivity (Wildman–Crippen MR) is 78.1 cm³/mol. The molecule has 0 saturated carbocycles. The van der Waals surface area contributed by atoms with Crippen molar-refractivity contribution in [1.82, 2.24) is 10.2 Å². The Labute approximate surface area is 115 Å². The van der Waals surface area contributed by atoms with Crippen LogP contribution in [0.4, 0.5) is 0 Å². The van der Waals surface area contributed by atoms with Gasteiger partial charge < -0.3 is 5.32 Å². The van der Waals surface area contributed by atoms with Crippen molar-refractivity contribution in [2.24, 2.45) is 0 Å². The Hall–Kier alpha value is -0.570. The first-order valence-electron chi connectivity index (χ1n) is 6.86. The number of likely N-dealkylation sites (N-methyl/N-ethyl adjacent to an activating group) is 1. The maximum atomic E-state index is 6.05. The van der Waals surface area contributed by atoms with Gasteiger partial charge in [-0.25, -0.2) is 0 Å². The molecule has 1 aliphatic heterocycles. The lowest BCUT2D eigenvalue weighted by atomic mass is 10.0. The number of nitrogens with one attached hydrogen (secondary N) is 1. The third kappa shape index (κ3) is 3.71. The lowest BCUT2D eigenvalue weighted by Gasteiger charge is -2.32. The summed E-state index contributed by atoms with van der Waals surface area (Å²) in [5.74, 6) is 0. The summed E-state index contributed by atoms with van der Waals surface area (Å²) in [6.45, 7) is 4.52. The second-order valence-corrected chi connectivity index (χ2v) is 5.75. The molecule has 1 aromatic rings. The second-order valence-electron chi connectivity index (χ2n) is 5.32. The fourth-order valence-electron chi connectivity index (χ4n) is 2.61. The van der Waals surface area contributed by atoms with E-state index in [1.54, 1.807) is 0 Å². The van der Waals surface area contributed by atoms with Gasteiger partial charge in [0.15, 0.2) is 0 Å². The number of halogens is 1. The van der Waals surface area contributed by atoms with Gasteiger partial charge in [-0.15, -0.1) is 0 Å². The van der Waals surface area contributed by atoms with Crippen LogP contribution in [0.1, 0.15) is 37.8 Å². The molecule has 1 N–H and O–H groups in total. The average Bonchev–Trinajstić information content (AvgIpc) is 2.39. The minimum absolute atomic E-state index is 0.410. The van der Waals surface area contributed by atoms with E-state index >= 15 is 0 Å². The highest BCUT2D eigenvalue weighted by Crippen LogP contribution is 2.22. The third-order valence-corrected chi connectivity index (χ3v) is 4.15. The molecule has 18 heavy (non-hydrogen) atoms. The number of nitrogens with zero attached hydrogens (tertiary/aromatic N) is 1. The molecule has 0 radical (unpaired) electrons. The van der Waals surface area contributed by atoms with Gasteiger partial charge in [-0.1, -0.05) is 30.2 Å². The van der Waals surface area contributed by atoms with Crippen LogP contribution in [0.3, 0.4) is 0 Å². The average molecular weight is 267 g/mol. The quantitative estimate of drug-likeness (QED) is 0.898. The zero-order valence-electron chi connectivity index (χ0n) is 11.3. The zero-order chi connectivity index (χ0) is 13.0. The van der Waals surface area contributed by atoms with E-state index in [1.807, 2.05) is 12.1 Å². The maximum absolute atomic E-state index is 6.05. The van der Waals surface area contributed by atoms with E-state index in [2.05, 4.69) is 36.3 Å². The Morgan fingerprint density at radius 2 is 2.28 bits per heavy atom. The van der Waals surface area contributed by atoms with Crippen molar-refractivity contribution in [2.45, 2.75) is 38.3 Å². The molecule has 100 valence electrons. The minimum Gasteiger partial charge on any atom is -0.313 e. The van der Waals surface area contributed by atoms with E-state index in [-0.39, 0.29) is 0 Å². The van der Waals surface area contributed by atoms with Crippen LogP contribution in [0, 0.1) is 0 Å². The van der Waals surface area contributed by atoms with E-state index in [1.165, 1.54) is 31.4 Å². The molecule has 0 bridgehead atoms. The Balaban J connectivity index is 1.93. The van der Waals surface area contributed by atoms with Crippen LogP contribution in [-0.4, -0.2) is 31.1 Å². The van der Waals surface area contributed by atoms with Crippen molar-refractivity contribution < 1.29 is 0 Å². The van der Waals surface area contributed by atoms with Crippen LogP contribution in [0.2, 0.25) is 5.02 Å². The molecule has 2 nitrogen and oxygen atoms in total. The number of piperidine rings is 1. The van der Waals surface area contributed by atoms with Gasteiger partial charge in [0.05, 0.1) is 0 Å². The Morgan fingerprint density at radius 1 is 1.44 bits per heavy atom. The lowest BCUT2D eigenvalue weighted by Crippen LogP contribution is -2.43. The first kappa shape index (κ1) is 13.9. The first-order valence-corrected chi connectivity index (χ1v) is 7.23. The molecule has 0 aliphatic carbocycles. The Morgan fingerprint density at radius 3 is 2.94 bits per heavy atom. The summed E-state index contributed by atoms with van der Waals surface area (Å²) < 4.78 is 0. The summed E-state index contributed by atoms with van der Waals surface area (Å²) in [6, 6.07) is 9.23. The molecule has 1 saturated heterocycles. The highest BCUT2D eigenvalue weighted by atomic mass is 35.5. The van der Waals surface area contributed by atoms with Gasteiger partial charge in [-0.3, -0.25) is 4.90 Å². The van der Waals surface area contributed by atoms with E-state index in [4.69, 9.17) is 11.6 Å². The molecule has 1 aromatic carbocycles. The monoisotopic (exact) mass is 266 g/mol. The molecule has 0 aromatic heterocycles. The normalized spacial score (nSPS) is 22.1. The second kappa shape index (κ2) is 6.55. The number of hydrogen-bond donors (Lipinski definition) is 1. The highest BCUT2D eigenvalue weighted by molar-refractivity contribution is 6.30. The standard InChI is InChI=1S/C15H23ClN2/c1-12(13-6-5-7-14(16)10-13)18(2)11-15-8-3-4-9-17-15/h5-7,10,12,15,17H,3-4,8-9,11H2,1-2H3. The van der Waals surface area contributed by atoms with Gasteiger partial charge in [-0.05, 0) is 51.1 Å². The van der Waals surface area contributed by atoms with Gasteiger partial charge in [-0.2, -0.15) is 0 Å². The van der Waals surface area contributed by atoms with Gasteiger partial charge >= 0.3 is 0 Å². The summed E-state index contributed by atoms with van der Waals surface area (Å²) >= 11 is 6.05. The molecule has 1 aliphatic rings. The van der Waals surface area contributed by atoms with Crippen LogP contribution in [0.25, 0.3) is 0 Å². The zero-order valence-corrected chi connectivity index (χ0v) is 12.1. The van der Waals surface area contributed by atoms with Crippen molar-refractivity contribution in [3.05, 3.63) is 34.9 Å². The van der Waals surface area contributed by atoms with Gasteiger partial charge in [0.25, 0.3) is 0 Å². The number of rotatable bonds is 4. The van der Waals surface area contributed by atoms with Crippen molar-refractivity contribution >= 4 is 11.6 Å². The van der Waals surface area contributed by atoms with Gasteiger partial charge in [0.2, 0.25) is 0 Å². The van der Waals surface area contributed by atoms with Crippen LogP contribution in [0.5, 0.6) is 0 Å². The van der Waals surface area contributed by atoms with Crippen LogP contribution >= 0.6 is 11.6 Å². The highest BCUT2D eigenvalue weighted by Gasteiger charge is 2.18. The molecule has 0 spiro atoms. The van der Waals surface area contributed by atoms with Gasteiger partial charge in [0, 0.05) is 23.7 Å². The van der Waals surface area contributed by atoms with Crippen LogP contribution in [-0.2, 0) is 0 Å². The largest absolute Gasteiger partial charge is 0.313 e. The summed E-state index contributed by atoms with van der Waals surface area (Å²) in [7, 11) is 2.20. The summed E-state index contributed by atoms with van der Waals surface area (Å²) in [4.78, 5) is 2.41. The molecular formula is C15H23ClN2. The summed E-state index contributed by atoms with van der Waals surface area (Å²) in [5, 5.41) is 4.42. The van der Waals surface area contributed by atoms with E-state index in [0.29, 0.717) is 12.1 Å². The maximum Gasteiger partial charge on any atom is 0.0409 e.